The Hall–Kier alpha value is -2.34. The Morgan fingerprint density at radius 2 is 1.96 bits per heavy atom. The predicted molar refractivity (Wildman–Crippen MR) is 85.9 cm³/mol. The maximum Gasteiger partial charge on any atom is 0.220 e. The zero-order valence-electron chi connectivity index (χ0n) is 13.2. The van der Waals surface area contributed by atoms with E-state index in [1.807, 2.05) is 17.0 Å². The number of carbonyl (C=O) groups excluding carboxylic acids is 1. The fourth-order valence-corrected chi connectivity index (χ4v) is 2.97. The Kier molecular flexibility index (Phi) is 5.15. The SMILES string of the molecule is O=C1CC[C@@H](CN(Cc2ccncc2)Cc2cccc(F)c2F)N1. The van der Waals surface area contributed by atoms with Gasteiger partial charge in [0, 0.05) is 50.1 Å². The van der Waals surface area contributed by atoms with Gasteiger partial charge in [0.05, 0.1) is 0 Å². The molecule has 1 aliphatic rings. The highest BCUT2D eigenvalue weighted by molar-refractivity contribution is 5.78. The number of nitrogens with zero attached hydrogens (tertiary/aromatic N) is 2. The summed E-state index contributed by atoms with van der Waals surface area (Å²) in [6.07, 6.45) is 4.68. The van der Waals surface area contributed by atoms with E-state index < -0.39 is 11.6 Å². The van der Waals surface area contributed by atoms with E-state index in [1.165, 1.54) is 6.07 Å². The summed E-state index contributed by atoms with van der Waals surface area (Å²) in [5.41, 5.74) is 1.35. The van der Waals surface area contributed by atoms with Gasteiger partial charge in [-0.05, 0) is 30.2 Å². The first-order valence-corrected chi connectivity index (χ1v) is 7.95. The van der Waals surface area contributed by atoms with Gasteiger partial charge in [0.15, 0.2) is 11.6 Å². The molecule has 0 bridgehead atoms. The fraction of sp³-hybridized carbons (Fsp3) is 0.333. The van der Waals surface area contributed by atoms with Gasteiger partial charge in [-0.3, -0.25) is 14.7 Å². The average Bonchev–Trinajstić information content (AvgIpc) is 2.98. The van der Waals surface area contributed by atoms with Crippen LogP contribution in [0.1, 0.15) is 24.0 Å². The van der Waals surface area contributed by atoms with E-state index in [-0.39, 0.29) is 18.5 Å². The second-order valence-electron chi connectivity index (χ2n) is 6.04. The molecule has 1 aromatic carbocycles. The highest BCUT2D eigenvalue weighted by Crippen LogP contribution is 2.17. The summed E-state index contributed by atoms with van der Waals surface area (Å²) >= 11 is 0. The van der Waals surface area contributed by atoms with Gasteiger partial charge in [0.1, 0.15) is 0 Å². The molecule has 24 heavy (non-hydrogen) atoms. The summed E-state index contributed by atoms with van der Waals surface area (Å²) in [5, 5.41) is 2.92. The molecule has 1 aliphatic heterocycles. The molecular formula is C18H19F2N3O. The summed E-state index contributed by atoms with van der Waals surface area (Å²) in [6, 6.07) is 8.03. The number of rotatable bonds is 6. The van der Waals surface area contributed by atoms with Crippen molar-refractivity contribution in [2.75, 3.05) is 6.54 Å². The molecular weight excluding hydrogens is 312 g/mol. The number of carbonyl (C=O) groups is 1. The number of hydrogen-bond donors (Lipinski definition) is 1. The lowest BCUT2D eigenvalue weighted by molar-refractivity contribution is -0.119. The third-order valence-corrected chi connectivity index (χ3v) is 4.14. The highest BCUT2D eigenvalue weighted by Gasteiger charge is 2.24. The number of amides is 1. The maximum atomic E-state index is 14.0. The lowest BCUT2D eigenvalue weighted by Gasteiger charge is -2.26. The van der Waals surface area contributed by atoms with Crippen LogP contribution in [-0.4, -0.2) is 28.4 Å². The molecule has 0 unspecified atom stereocenters. The van der Waals surface area contributed by atoms with Crippen molar-refractivity contribution < 1.29 is 13.6 Å². The van der Waals surface area contributed by atoms with Crippen molar-refractivity contribution >= 4 is 5.91 Å². The summed E-state index contributed by atoms with van der Waals surface area (Å²) in [6.45, 7) is 1.44. The first kappa shape index (κ1) is 16.5. The van der Waals surface area contributed by atoms with Crippen molar-refractivity contribution in [1.29, 1.82) is 0 Å². The largest absolute Gasteiger partial charge is 0.352 e. The molecule has 3 rings (SSSR count). The van der Waals surface area contributed by atoms with Crippen LogP contribution < -0.4 is 5.32 Å². The Balaban J connectivity index is 1.75. The monoisotopic (exact) mass is 331 g/mol. The van der Waals surface area contributed by atoms with Gasteiger partial charge in [-0.2, -0.15) is 0 Å². The van der Waals surface area contributed by atoms with Crippen LogP contribution in [0, 0.1) is 11.6 Å². The van der Waals surface area contributed by atoms with Gasteiger partial charge < -0.3 is 5.32 Å². The van der Waals surface area contributed by atoms with Gasteiger partial charge in [-0.1, -0.05) is 12.1 Å². The maximum absolute atomic E-state index is 14.0. The van der Waals surface area contributed by atoms with Crippen LogP contribution in [0.15, 0.2) is 42.7 Å². The lowest BCUT2D eigenvalue weighted by atomic mass is 10.1. The van der Waals surface area contributed by atoms with Crippen LogP contribution in [0.2, 0.25) is 0 Å². The van der Waals surface area contributed by atoms with Crippen LogP contribution in [0.3, 0.4) is 0 Å². The zero-order valence-corrected chi connectivity index (χ0v) is 13.2. The quantitative estimate of drug-likeness (QED) is 0.885. The topological polar surface area (TPSA) is 45.2 Å². The molecule has 1 N–H and O–H groups in total. The summed E-state index contributed by atoms with van der Waals surface area (Å²) in [7, 11) is 0. The van der Waals surface area contributed by atoms with Gasteiger partial charge in [-0.25, -0.2) is 8.78 Å². The van der Waals surface area contributed by atoms with Crippen LogP contribution in [0.25, 0.3) is 0 Å². The first-order chi connectivity index (χ1) is 11.6. The molecule has 0 spiro atoms. The molecule has 1 atom stereocenters. The number of nitrogens with one attached hydrogen (secondary N) is 1. The van der Waals surface area contributed by atoms with Crippen molar-refractivity contribution in [3.63, 3.8) is 0 Å². The van der Waals surface area contributed by atoms with Crippen molar-refractivity contribution in [2.45, 2.75) is 32.0 Å². The second kappa shape index (κ2) is 7.49. The van der Waals surface area contributed by atoms with E-state index in [1.54, 1.807) is 18.5 Å². The number of hydrogen-bond acceptors (Lipinski definition) is 3. The third-order valence-electron chi connectivity index (χ3n) is 4.14. The standard InChI is InChI=1S/C18H19F2N3O/c19-16-3-1-2-14(18(16)20)11-23(10-13-6-8-21-9-7-13)12-15-4-5-17(24)22-15/h1-3,6-9,15H,4-5,10-12H2,(H,22,24)/t15-/m0/s1. The van der Waals surface area contributed by atoms with Gasteiger partial charge >= 0.3 is 0 Å². The Bertz CT molecular complexity index is 709. The minimum atomic E-state index is -0.842. The number of benzene rings is 1. The molecule has 2 aromatic rings. The lowest BCUT2D eigenvalue weighted by Crippen LogP contribution is -2.38. The van der Waals surface area contributed by atoms with Crippen molar-refractivity contribution in [2.24, 2.45) is 0 Å². The molecule has 1 fully saturated rings. The molecule has 1 amide bonds. The van der Waals surface area contributed by atoms with Crippen molar-refractivity contribution in [3.05, 3.63) is 65.5 Å². The van der Waals surface area contributed by atoms with E-state index in [0.717, 1.165) is 18.1 Å². The highest BCUT2D eigenvalue weighted by atomic mass is 19.2. The minimum absolute atomic E-state index is 0.0379. The summed E-state index contributed by atoms with van der Waals surface area (Å²) < 4.78 is 27.4. The van der Waals surface area contributed by atoms with Crippen molar-refractivity contribution in [3.8, 4) is 0 Å². The Morgan fingerprint density at radius 3 is 2.67 bits per heavy atom. The Morgan fingerprint density at radius 1 is 1.17 bits per heavy atom. The van der Waals surface area contributed by atoms with Crippen LogP contribution >= 0.6 is 0 Å². The minimum Gasteiger partial charge on any atom is -0.352 e. The molecule has 2 heterocycles. The van der Waals surface area contributed by atoms with Gasteiger partial charge in [0.2, 0.25) is 5.91 Å². The second-order valence-corrected chi connectivity index (χ2v) is 6.04. The fourth-order valence-electron chi connectivity index (χ4n) is 2.97. The molecule has 126 valence electrons. The van der Waals surface area contributed by atoms with E-state index in [4.69, 9.17) is 0 Å². The molecule has 1 saturated heterocycles. The van der Waals surface area contributed by atoms with E-state index in [2.05, 4.69) is 10.3 Å². The van der Waals surface area contributed by atoms with E-state index in [9.17, 15) is 13.6 Å². The van der Waals surface area contributed by atoms with Crippen LogP contribution in [0.5, 0.6) is 0 Å². The molecule has 1 aromatic heterocycles. The predicted octanol–water partition coefficient (Wildman–Crippen LogP) is 2.64. The Labute approximate surface area is 139 Å². The number of aromatic nitrogens is 1. The van der Waals surface area contributed by atoms with Gasteiger partial charge in [0.25, 0.3) is 0 Å². The smallest absolute Gasteiger partial charge is 0.220 e. The molecule has 0 saturated carbocycles. The summed E-state index contributed by atoms with van der Waals surface area (Å²) in [4.78, 5) is 17.4. The summed E-state index contributed by atoms with van der Waals surface area (Å²) in [5.74, 6) is -1.61. The molecule has 6 heteroatoms. The molecule has 0 radical (unpaired) electrons. The van der Waals surface area contributed by atoms with Crippen LogP contribution in [0.4, 0.5) is 8.78 Å². The van der Waals surface area contributed by atoms with E-state index >= 15 is 0 Å². The van der Waals surface area contributed by atoms with E-state index in [0.29, 0.717) is 25.1 Å². The third kappa shape index (κ3) is 4.14. The van der Waals surface area contributed by atoms with Crippen molar-refractivity contribution in [1.82, 2.24) is 15.2 Å². The zero-order chi connectivity index (χ0) is 16.9. The normalized spacial score (nSPS) is 17.3. The first-order valence-electron chi connectivity index (χ1n) is 7.95. The number of halogens is 2. The van der Waals surface area contributed by atoms with Crippen LogP contribution in [-0.2, 0) is 17.9 Å². The molecule has 4 nitrogen and oxygen atoms in total. The van der Waals surface area contributed by atoms with Gasteiger partial charge in [-0.15, -0.1) is 0 Å². The average molecular weight is 331 g/mol. The number of pyridine rings is 1. The molecule has 0 aliphatic carbocycles.